The summed E-state index contributed by atoms with van der Waals surface area (Å²) in [5, 5.41) is 30.8. The van der Waals surface area contributed by atoms with Crippen LogP contribution in [0.2, 0.25) is 0 Å². The van der Waals surface area contributed by atoms with Gasteiger partial charge in [-0.1, -0.05) is 15.9 Å². The van der Waals surface area contributed by atoms with Gasteiger partial charge in [-0.05, 0) is 20.8 Å². The molecule has 0 radical (unpaired) electrons. The lowest BCUT2D eigenvalue weighted by molar-refractivity contribution is -0.123. The molecule has 0 spiro atoms. The van der Waals surface area contributed by atoms with E-state index in [-0.39, 0.29) is 33.5 Å². The van der Waals surface area contributed by atoms with E-state index in [4.69, 9.17) is 4.74 Å². The van der Waals surface area contributed by atoms with Crippen LogP contribution in [0.15, 0.2) is 23.2 Å². The Labute approximate surface area is 156 Å². The lowest BCUT2D eigenvalue weighted by Crippen LogP contribution is -2.38. The molecule has 7 nitrogen and oxygen atoms in total. The van der Waals surface area contributed by atoms with Crippen LogP contribution in [-0.2, 0) is 15.0 Å². The summed E-state index contributed by atoms with van der Waals surface area (Å²) in [5.74, 6) is -3.51. The summed E-state index contributed by atoms with van der Waals surface area (Å²) < 4.78 is 5.63. The van der Waals surface area contributed by atoms with Gasteiger partial charge < -0.3 is 20.1 Å². The van der Waals surface area contributed by atoms with Crippen molar-refractivity contribution in [3.63, 3.8) is 0 Å². The predicted molar refractivity (Wildman–Crippen MR) is 94.0 cm³/mol. The molecule has 1 aromatic carbocycles. The van der Waals surface area contributed by atoms with Crippen molar-refractivity contribution in [1.29, 1.82) is 0 Å². The Morgan fingerprint density at radius 1 is 1.23 bits per heavy atom. The molecular formula is C18H15BrO7. The normalized spacial score (nSPS) is 21.1. The number of ketones is 3. The van der Waals surface area contributed by atoms with Gasteiger partial charge in [-0.3, -0.25) is 14.4 Å². The topological polar surface area (TPSA) is 121 Å². The van der Waals surface area contributed by atoms with E-state index in [1.54, 1.807) is 0 Å². The van der Waals surface area contributed by atoms with E-state index in [0.717, 1.165) is 13.0 Å². The lowest BCUT2D eigenvalue weighted by Gasteiger charge is -2.28. The number of hydrogen-bond donors (Lipinski definition) is 3. The van der Waals surface area contributed by atoms with E-state index in [9.17, 15) is 29.7 Å². The molecule has 1 heterocycles. The molecule has 2 aliphatic rings. The molecule has 1 aliphatic heterocycles. The van der Waals surface area contributed by atoms with Crippen molar-refractivity contribution in [3.05, 3.63) is 39.9 Å². The molecule has 0 fully saturated rings. The largest absolute Gasteiger partial charge is 0.507 e. The zero-order chi connectivity index (χ0) is 19.5. The number of alkyl halides is 1. The summed E-state index contributed by atoms with van der Waals surface area (Å²) in [7, 11) is 0. The third kappa shape index (κ3) is 2.08. The van der Waals surface area contributed by atoms with E-state index >= 15 is 0 Å². The van der Waals surface area contributed by atoms with Gasteiger partial charge in [-0.15, -0.1) is 0 Å². The van der Waals surface area contributed by atoms with Crippen molar-refractivity contribution in [3.8, 4) is 17.2 Å². The van der Waals surface area contributed by atoms with Crippen LogP contribution in [0.25, 0.3) is 0 Å². The number of allylic oxidation sites excluding steroid dienone is 3. The first-order valence-corrected chi connectivity index (χ1v) is 8.76. The van der Waals surface area contributed by atoms with Crippen molar-refractivity contribution >= 4 is 33.3 Å². The summed E-state index contributed by atoms with van der Waals surface area (Å²) in [4.78, 5) is 37.1. The number of phenols is 2. The van der Waals surface area contributed by atoms with Gasteiger partial charge in [0.25, 0.3) is 0 Å². The van der Waals surface area contributed by atoms with Crippen LogP contribution in [0.3, 0.4) is 0 Å². The Morgan fingerprint density at radius 3 is 2.38 bits per heavy atom. The van der Waals surface area contributed by atoms with Crippen LogP contribution < -0.4 is 4.74 Å². The van der Waals surface area contributed by atoms with E-state index in [1.165, 1.54) is 13.8 Å². The van der Waals surface area contributed by atoms with Crippen LogP contribution in [0.4, 0.5) is 0 Å². The number of halogens is 1. The minimum Gasteiger partial charge on any atom is -0.507 e. The van der Waals surface area contributed by atoms with E-state index in [1.807, 2.05) is 0 Å². The Morgan fingerprint density at radius 2 is 1.85 bits per heavy atom. The SMILES string of the molecule is CC(=O)C1=C(O)C=C2Oc3c(C(=O)CBr)c(O)c(C)c(O)c3[C@]2(C)C1=O. The molecule has 3 N–H and O–H groups in total. The minimum absolute atomic E-state index is 0.00933. The predicted octanol–water partition coefficient (Wildman–Crippen LogP) is 2.50. The zero-order valence-corrected chi connectivity index (χ0v) is 15.7. The summed E-state index contributed by atoms with van der Waals surface area (Å²) in [6.45, 7) is 3.97. The van der Waals surface area contributed by atoms with Gasteiger partial charge in [0.15, 0.2) is 17.3 Å². The molecule has 1 aromatic rings. The summed E-state index contributed by atoms with van der Waals surface area (Å²) in [6, 6.07) is 0. The monoisotopic (exact) mass is 422 g/mol. The molecule has 8 heteroatoms. The second-order valence-corrected chi connectivity index (χ2v) is 6.90. The molecule has 1 aliphatic carbocycles. The Bertz CT molecular complexity index is 970. The van der Waals surface area contributed by atoms with E-state index < -0.39 is 45.6 Å². The number of rotatable bonds is 3. The summed E-state index contributed by atoms with van der Waals surface area (Å²) in [6.07, 6.45) is 1.12. The van der Waals surface area contributed by atoms with Gasteiger partial charge in [-0.25, -0.2) is 0 Å². The van der Waals surface area contributed by atoms with Crippen molar-refractivity contribution in [1.82, 2.24) is 0 Å². The van der Waals surface area contributed by atoms with Crippen LogP contribution >= 0.6 is 15.9 Å². The van der Waals surface area contributed by atoms with Crippen molar-refractivity contribution in [2.75, 3.05) is 5.33 Å². The fourth-order valence-electron chi connectivity index (χ4n) is 3.36. The lowest BCUT2D eigenvalue weighted by atomic mass is 9.71. The average molecular weight is 423 g/mol. The number of Topliss-reactive ketones (excluding diaryl/α,β-unsaturated/α-hetero) is 3. The molecular weight excluding hydrogens is 408 g/mol. The minimum atomic E-state index is -1.60. The van der Waals surface area contributed by atoms with Crippen molar-refractivity contribution in [2.45, 2.75) is 26.2 Å². The molecule has 0 bridgehead atoms. The first kappa shape index (κ1) is 18.2. The first-order chi connectivity index (χ1) is 12.1. The molecule has 26 heavy (non-hydrogen) atoms. The third-order valence-electron chi connectivity index (χ3n) is 4.80. The van der Waals surface area contributed by atoms with E-state index in [0.29, 0.717) is 0 Å². The van der Waals surface area contributed by atoms with Gasteiger partial charge in [-0.2, -0.15) is 0 Å². The maximum absolute atomic E-state index is 13.0. The Balaban J connectivity index is 2.40. The number of aliphatic hydroxyl groups excluding tert-OH is 1. The van der Waals surface area contributed by atoms with Gasteiger partial charge in [0.2, 0.25) is 0 Å². The Hall–Kier alpha value is -2.61. The number of aliphatic hydroxyl groups is 1. The molecule has 1 atom stereocenters. The second-order valence-electron chi connectivity index (χ2n) is 6.34. The molecule has 0 saturated carbocycles. The van der Waals surface area contributed by atoms with Crippen LogP contribution in [0.1, 0.15) is 35.3 Å². The number of carbonyl (C=O) groups excluding carboxylic acids is 3. The Kier molecular flexibility index (Phi) is 3.99. The maximum Gasteiger partial charge on any atom is 0.188 e. The molecule has 0 saturated heterocycles. The zero-order valence-electron chi connectivity index (χ0n) is 14.1. The van der Waals surface area contributed by atoms with Crippen LogP contribution in [-0.4, -0.2) is 38.0 Å². The molecule has 0 aromatic heterocycles. The van der Waals surface area contributed by atoms with Crippen LogP contribution in [0, 0.1) is 6.92 Å². The number of benzene rings is 1. The highest BCUT2D eigenvalue weighted by Gasteiger charge is 2.55. The number of phenolic OH excluding ortho intramolecular Hbond substituents is 2. The van der Waals surface area contributed by atoms with Gasteiger partial charge in [0.1, 0.15) is 45.3 Å². The van der Waals surface area contributed by atoms with E-state index in [2.05, 4.69) is 15.9 Å². The standard InChI is InChI=1S/C18H15BrO7/c1-6-14(23)12(9(22)5-19)16-13(15(6)24)18(3)10(26-16)4-8(21)11(7(2)20)17(18)25/h4,21,23-24H,5H2,1-3H3/t18-/m1/s1. The number of aromatic hydroxyl groups is 2. The average Bonchev–Trinajstić information content (AvgIpc) is 2.86. The number of ether oxygens (including phenoxy) is 1. The molecule has 3 rings (SSSR count). The highest BCUT2D eigenvalue weighted by atomic mass is 79.9. The third-order valence-corrected chi connectivity index (χ3v) is 5.31. The number of hydrogen-bond acceptors (Lipinski definition) is 7. The highest BCUT2D eigenvalue weighted by Crippen LogP contribution is 2.57. The summed E-state index contributed by atoms with van der Waals surface area (Å²) >= 11 is 3.02. The maximum atomic E-state index is 13.0. The molecule has 136 valence electrons. The summed E-state index contributed by atoms with van der Waals surface area (Å²) in [5.41, 5.74) is -2.20. The van der Waals surface area contributed by atoms with Gasteiger partial charge in [0, 0.05) is 11.6 Å². The number of carbonyl (C=O) groups is 3. The molecule has 0 unspecified atom stereocenters. The smallest absolute Gasteiger partial charge is 0.188 e. The van der Waals surface area contributed by atoms with Gasteiger partial charge in [0.05, 0.1) is 10.9 Å². The van der Waals surface area contributed by atoms with Crippen molar-refractivity contribution in [2.24, 2.45) is 0 Å². The number of fused-ring (bicyclic) bond motifs is 3. The quantitative estimate of drug-likeness (QED) is 0.388. The van der Waals surface area contributed by atoms with Gasteiger partial charge >= 0.3 is 0 Å². The van der Waals surface area contributed by atoms with Crippen LogP contribution in [0.5, 0.6) is 17.2 Å². The second kappa shape index (κ2) is 5.70. The highest BCUT2D eigenvalue weighted by molar-refractivity contribution is 9.09. The van der Waals surface area contributed by atoms with Crippen molar-refractivity contribution < 1.29 is 34.4 Å². The fourth-order valence-corrected chi connectivity index (χ4v) is 3.64. The first-order valence-electron chi connectivity index (χ1n) is 7.64. The fraction of sp³-hybridized carbons (Fsp3) is 0.278. The molecule has 0 amide bonds.